The molecule has 1 atom stereocenters. The van der Waals surface area contributed by atoms with Gasteiger partial charge in [0.1, 0.15) is 12.4 Å². The van der Waals surface area contributed by atoms with Gasteiger partial charge < -0.3 is 20.1 Å². The van der Waals surface area contributed by atoms with Crippen LogP contribution in [0.2, 0.25) is 0 Å². The van der Waals surface area contributed by atoms with Crippen LogP contribution < -0.4 is 15.4 Å². The van der Waals surface area contributed by atoms with Gasteiger partial charge in [-0.3, -0.25) is 0 Å². The second-order valence-corrected chi connectivity index (χ2v) is 5.35. The van der Waals surface area contributed by atoms with Crippen molar-refractivity contribution in [3.63, 3.8) is 0 Å². The number of hydrogen-bond acceptors (Lipinski definition) is 4. The number of rotatable bonds is 6. The van der Waals surface area contributed by atoms with Crippen molar-refractivity contribution in [2.75, 3.05) is 13.7 Å². The molecule has 1 aliphatic rings. The molecule has 0 aromatic heterocycles. The summed E-state index contributed by atoms with van der Waals surface area (Å²) in [6.07, 6.45) is 2.33. The standard InChI is InChI=1S/C17H20N2O3S/c1-4-9-22-12-8-6-7-11(10-12)15-14(16(20)21-3)13(5-2)18-17(23)19-15/h4,6-8,10,15H,1,5,9H2,2-3H3,(H2,18,19,23)/t15-/m0/s1. The number of carbonyl (C=O) groups is 1. The summed E-state index contributed by atoms with van der Waals surface area (Å²) in [5, 5.41) is 6.65. The molecule has 6 heteroatoms. The van der Waals surface area contributed by atoms with Gasteiger partial charge in [0.2, 0.25) is 0 Å². The number of hydrogen-bond donors (Lipinski definition) is 2. The van der Waals surface area contributed by atoms with Gasteiger partial charge in [-0.15, -0.1) is 0 Å². The third-order valence-electron chi connectivity index (χ3n) is 3.47. The molecule has 1 aliphatic heterocycles. The summed E-state index contributed by atoms with van der Waals surface area (Å²) in [4.78, 5) is 12.2. The highest BCUT2D eigenvalue weighted by molar-refractivity contribution is 7.80. The number of nitrogens with one attached hydrogen (secondary N) is 2. The van der Waals surface area contributed by atoms with Gasteiger partial charge in [-0.05, 0) is 36.3 Å². The number of allylic oxidation sites excluding steroid dienone is 1. The monoisotopic (exact) mass is 332 g/mol. The number of carbonyl (C=O) groups excluding carboxylic acids is 1. The molecule has 122 valence electrons. The molecule has 0 aliphatic carbocycles. The molecule has 1 aromatic rings. The molecule has 23 heavy (non-hydrogen) atoms. The molecule has 0 radical (unpaired) electrons. The summed E-state index contributed by atoms with van der Waals surface area (Å²) in [7, 11) is 1.37. The highest BCUT2D eigenvalue weighted by Crippen LogP contribution is 2.30. The molecule has 2 N–H and O–H groups in total. The predicted octanol–water partition coefficient (Wildman–Crippen LogP) is 2.61. The van der Waals surface area contributed by atoms with Gasteiger partial charge in [0.15, 0.2) is 5.11 Å². The second kappa shape index (κ2) is 7.78. The molecule has 0 unspecified atom stereocenters. The van der Waals surface area contributed by atoms with Crippen molar-refractivity contribution >= 4 is 23.3 Å². The van der Waals surface area contributed by atoms with E-state index in [2.05, 4.69) is 17.2 Å². The van der Waals surface area contributed by atoms with E-state index in [0.717, 1.165) is 11.3 Å². The van der Waals surface area contributed by atoms with E-state index in [4.69, 9.17) is 21.7 Å². The zero-order chi connectivity index (χ0) is 16.8. The van der Waals surface area contributed by atoms with Gasteiger partial charge in [0.05, 0.1) is 18.7 Å². The average molecular weight is 332 g/mol. The molecule has 1 heterocycles. The van der Waals surface area contributed by atoms with E-state index in [1.807, 2.05) is 31.2 Å². The highest BCUT2D eigenvalue weighted by atomic mass is 32.1. The van der Waals surface area contributed by atoms with Crippen LogP contribution in [0.25, 0.3) is 0 Å². The minimum atomic E-state index is -0.383. The van der Waals surface area contributed by atoms with E-state index in [1.54, 1.807) is 6.08 Å². The Balaban J connectivity index is 2.43. The molecular weight excluding hydrogens is 312 g/mol. The zero-order valence-electron chi connectivity index (χ0n) is 13.2. The van der Waals surface area contributed by atoms with Crippen LogP contribution in [0.1, 0.15) is 24.9 Å². The SMILES string of the molecule is C=CCOc1cccc([C@@H]2NC(=S)NC(CC)=C2C(=O)OC)c1. The number of methoxy groups -OCH3 is 1. The number of benzene rings is 1. The summed E-state index contributed by atoms with van der Waals surface area (Å²) < 4.78 is 10.5. The molecule has 0 saturated heterocycles. The van der Waals surface area contributed by atoms with Crippen molar-refractivity contribution in [2.24, 2.45) is 0 Å². The van der Waals surface area contributed by atoms with Crippen LogP contribution in [0.15, 0.2) is 48.2 Å². The fourth-order valence-corrected chi connectivity index (χ4v) is 2.68. The first-order valence-corrected chi connectivity index (χ1v) is 7.74. The molecule has 2 rings (SSSR count). The lowest BCUT2D eigenvalue weighted by molar-refractivity contribution is -0.136. The lowest BCUT2D eigenvalue weighted by Crippen LogP contribution is -2.45. The zero-order valence-corrected chi connectivity index (χ0v) is 14.0. The summed E-state index contributed by atoms with van der Waals surface area (Å²) in [6, 6.07) is 7.15. The van der Waals surface area contributed by atoms with Crippen LogP contribution >= 0.6 is 12.2 Å². The van der Waals surface area contributed by atoms with Gasteiger partial charge in [0, 0.05) is 5.70 Å². The van der Waals surface area contributed by atoms with Crippen LogP contribution in [-0.4, -0.2) is 24.8 Å². The van der Waals surface area contributed by atoms with Crippen LogP contribution in [0.5, 0.6) is 5.75 Å². The maximum atomic E-state index is 12.2. The molecule has 0 amide bonds. The van der Waals surface area contributed by atoms with Crippen molar-refractivity contribution in [3.8, 4) is 5.75 Å². The molecule has 0 fully saturated rings. The maximum absolute atomic E-state index is 12.2. The smallest absolute Gasteiger partial charge is 0.337 e. The average Bonchev–Trinajstić information content (AvgIpc) is 2.58. The Hall–Kier alpha value is -2.34. The van der Waals surface area contributed by atoms with E-state index in [-0.39, 0.29) is 12.0 Å². The minimum absolute atomic E-state index is 0.376. The molecule has 0 bridgehead atoms. The van der Waals surface area contributed by atoms with Gasteiger partial charge in [-0.2, -0.15) is 0 Å². The van der Waals surface area contributed by atoms with Crippen molar-refractivity contribution in [2.45, 2.75) is 19.4 Å². The topological polar surface area (TPSA) is 59.6 Å². The fraction of sp³-hybridized carbons (Fsp3) is 0.294. The predicted molar refractivity (Wildman–Crippen MR) is 93.1 cm³/mol. The van der Waals surface area contributed by atoms with Crippen LogP contribution in [0, 0.1) is 0 Å². The van der Waals surface area contributed by atoms with Crippen LogP contribution in [0.4, 0.5) is 0 Å². The van der Waals surface area contributed by atoms with Gasteiger partial charge in [-0.25, -0.2) is 4.79 Å². The van der Waals surface area contributed by atoms with Gasteiger partial charge >= 0.3 is 5.97 Å². The molecule has 0 saturated carbocycles. The molecule has 1 aromatic carbocycles. The lowest BCUT2D eigenvalue weighted by Gasteiger charge is -2.30. The van der Waals surface area contributed by atoms with Gasteiger partial charge in [0.25, 0.3) is 0 Å². The first-order valence-electron chi connectivity index (χ1n) is 7.33. The Morgan fingerprint density at radius 3 is 2.91 bits per heavy atom. The quantitative estimate of drug-likeness (QED) is 0.474. The number of ether oxygens (including phenoxy) is 2. The maximum Gasteiger partial charge on any atom is 0.337 e. The second-order valence-electron chi connectivity index (χ2n) is 4.94. The largest absolute Gasteiger partial charge is 0.490 e. The van der Waals surface area contributed by atoms with E-state index >= 15 is 0 Å². The van der Waals surface area contributed by atoms with E-state index in [9.17, 15) is 4.79 Å². The van der Waals surface area contributed by atoms with Crippen molar-refractivity contribution in [1.82, 2.24) is 10.6 Å². The lowest BCUT2D eigenvalue weighted by atomic mass is 9.94. The Morgan fingerprint density at radius 1 is 1.48 bits per heavy atom. The summed E-state index contributed by atoms with van der Waals surface area (Å²) >= 11 is 5.25. The Bertz CT molecular complexity index is 655. The Labute approximate surface area is 141 Å². The van der Waals surface area contributed by atoms with Crippen molar-refractivity contribution in [1.29, 1.82) is 0 Å². The first-order chi connectivity index (χ1) is 11.1. The molecule has 0 spiro atoms. The van der Waals surface area contributed by atoms with E-state index in [0.29, 0.717) is 29.5 Å². The summed E-state index contributed by atoms with van der Waals surface area (Å²) in [5.41, 5.74) is 2.18. The third kappa shape index (κ3) is 3.90. The Morgan fingerprint density at radius 2 is 2.26 bits per heavy atom. The van der Waals surface area contributed by atoms with Crippen molar-refractivity contribution in [3.05, 3.63) is 53.8 Å². The normalized spacial score (nSPS) is 17.1. The third-order valence-corrected chi connectivity index (χ3v) is 3.69. The van der Waals surface area contributed by atoms with E-state index < -0.39 is 0 Å². The first kappa shape index (κ1) is 17.0. The van der Waals surface area contributed by atoms with Crippen LogP contribution in [-0.2, 0) is 9.53 Å². The summed E-state index contributed by atoms with van der Waals surface area (Å²) in [6.45, 7) is 6.01. The molecular formula is C17H20N2O3S. The highest BCUT2D eigenvalue weighted by Gasteiger charge is 2.31. The van der Waals surface area contributed by atoms with Crippen molar-refractivity contribution < 1.29 is 14.3 Å². The summed E-state index contributed by atoms with van der Waals surface area (Å²) in [5.74, 6) is 0.322. The van der Waals surface area contributed by atoms with Gasteiger partial charge in [-0.1, -0.05) is 31.7 Å². The minimum Gasteiger partial charge on any atom is -0.490 e. The van der Waals surface area contributed by atoms with Crippen LogP contribution in [0.3, 0.4) is 0 Å². The Kier molecular flexibility index (Phi) is 5.76. The fourth-order valence-electron chi connectivity index (χ4n) is 2.44. The number of esters is 1. The molecule has 5 nitrogen and oxygen atoms in total. The number of thiocarbonyl (C=S) groups is 1. The van der Waals surface area contributed by atoms with E-state index in [1.165, 1.54) is 7.11 Å².